The van der Waals surface area contributed by atoms with Crippen LogP contribution in [0.3, 0.4) is 0 Å². The Balaban J connectivity index is 2.33. The molecule has 0 aliphatic carbocycles. The summed E-state index contributed by atoms with van der Waals surface area (Å²) in [4.78, 5) is 13.8. The smallest absolute Gasteiger partial charge is 0.248 e. The molecule has 2 rings (SSSR count). The van der Waals surface area contributed by atoms with Crippen molar-refractivity contribution in [2.45, 2.75) is 24.8 Å². The highest BCUT2D eigenvalue weighted by Crippen LogP contribution is 2.28. The lowest BCUT2D eigenvalue weighted by Gasteiger charge is -2.28. The molecule has 1 N–H and O–H groups in total. The fourth-order valence-corrected chi connectivity index (χ4v) is 4.57. The Morgan fingerprint density at radius 1 is 1.22 bits per heavy atom. The van der Waals surface area contributed by atoms with Gasteiger partial charge in [-0.15, -0.1) is 11.8 Å². The molecule has 0 heterocycles. The summed E-state index contributed by atoms with van der Waals surface area (Å²) in [6.45, 7) is 3.59. The molecule has 1 amide bonds. The average Bonchev–Trinajstić information content (AvgIpc) is 2.62. The zero-order chi connectivity index (χ0) is 20.0. The third kappa shape index (κ3) is 5.40. The fraction of sp³-hybridized carbons (Fsp3) is 0.316. The molecule has 0 radical (unpaired) electrons. The Hall–Kier alpha value is -2.19. The first kappa shape index (κ1) is 21.1. The Labute approximate surface area is 165 Å². The molecule has 0 aliphatic heterocycles. The molecule has 0 bridgehead atoms. The minimum Gasteiger partial charge on any atom is -0.497 e. The van der Waals surface area contributed by atoms with E-state index in [0.717, 1.165) is 21.2 Å². The van der Waals surface area contributed by atoms with Crippen molar-refractivity contribution in [2.75, 3.05) is 28.7 Å². The van der Waals surface area contributed by atoms with Gasteiger partial charge in [0.1, 0.15) is 11.8 Å². The molecule has 0 saturated carbocycles. The van der Waals surface area contributed by atoms with Gasteiger partial charge in [0.05, 0.1) is 24.7 Å². The molecule has 0 fully saturated rings. The van der Waals surface area contributed by atoms with Gasteiger partial charge in [0.25, 0.3) is 0 Å². The number of carbonyl (C=O) groups is 1. The normalized spacial score (nSPS) is 12.3. The lowest BCUT2D eigenvalue weighted by molar-refractivity contribution is -0.116. The number of nitrogens with one attached hydrogen (secondary N) is 1. The van der Waals surface area contributed by atoms with Crippen LogP contribution in [0.25, 0.3) is 0 Å². The van der Waals surface area contributed by atoms with Crippen LogP contribution in [0.15, 0.2) is 53.4 Å². The maximum atomic E-state index is 12.8. The number of hydrogen-bond donors (Lipinski definition) is 1. The van der Waals surface area contributed by atoms with Crippen LogP contribution in [-0.2, 0) is 14.8 Å². The van der Waals surface area contributed by atoms with E-state index in [1.165, 1.54) is 7.11 Å². The molecular weight excluding hydrogens is 384 g/mol. The summed E-state index contributed by atoms with van der Waals surface area (Å²) in [6.07, 6.45) is 1.08. The molecule has 2 aromatic rings. The third-order valence-corrected chi connectivity index (χ3v) is 6.04. The van der Waals surface area contributed by atoms with Gasteiger partial charge >= 0.3 is 0 Å². The van der Waals surface area contributed by atoms with Crippen LogP contribution in [0.2, 0.25) is 0 Å². The second kappa shape index (κ2) is 9.14. The van der Waals surface area contributed by atoms with Crippen molar-refractivity contribution in [1.29, 1.82) is 0 Å². The summed E-state index contributed by atoms with van der Waals surface area (Å²) in [7, 11) is -2.19. The topological polar surface area (TPSA) is 75.7 Å². The minimum absolute atomic E-state index is 0.371. The summed E-state index contributed by atoms with van der Waals surface area (Å²) in [5.41, 5.74) is 1.04. The van der Waals surface area contributed by atoms with Crippen molar-refractivity contribution in [3.8, 4) is 5.75 Å². The average molecular weight is 409 g/mol. The number of benzene rings is 2. The van der Waals surface area contributed by atoms with Crippen molar-refractivity contribution in [2.24, 2.45) is 0 Å². The molecule has 0 aliphatic rings. The molecule has 8 heteroatoms. The minimum atomic E-state index is -3.69. The monoisotopic (exact) mass is 408 g/mol. The van der Waals surface area contributed by atoms with Gasteiger partial charge in [0.2, 0.25) is 15.9 Å². The van der Waals surface area contributed by atoms with E-state index in [0.29, 0.717) is 17.1 Å². The Morgan fingerprint density at radius 3 is 2.56 bits per heavy atom. The highest BCUT2D eigenvalue weighted by Gasteiger charge is 2.29. The second-order valence-corrected chi connectivity index (χ2v) is 9.02. The van der Waals surface area contributed by atoms with E-state index in [4.69, 9.17) is 4.74 Å². The summed E-state index contributed by atoms with van der Waals surface area (Å²) in [5, 5.41) is 2.85. The maximum absolute atomic E-state index is 12.8. The molecule has 2 aromatic carbocycles. The molecule has 0 spiro atoms. The lowest BCUT2D eigenvalue weighted by Crippen LogP contribution is -2.45. The van der Waals surface area contributed by atoms with E-state index in [-0.39, 0.29) is 0 Å². The van der Waals surface area contributed by atoms with Crippen molar-refractivity contribution in [3.05, 3.63) is 48.5 Å². The van der Waals surface area contributed by atoms with Crippen LogP contribution >= 0.6 is 11.8 Å². The van der Waals surface area contributed by atoms with Gasteiger partial charge in [-0.25, -0.2) is 8.42 Å². The fourth-order valence-electron chi connectivity index (χ4n) is 2.64. The van der Waals surface area contributed by atoms with Crippen LogP contribution < -0.4 is 14.4 Å². The Kier molecular flexibility index (Phi) is 7.15. The van der Waals surface area contributed by atoms with Gasteiger partial charge in [-0.05, 0) is 36.9 Å². The molecule has 6 nitrogen and oxygen atoms in total. The van der Waals surface area contributed by atoms with Gasteiger partial charge in [0, 0.05) is 11.0 Å². The lowest BCUT2D eigenvalue weighted by atomic mass is 10.2. The number of ether oxygens (including phenoxy) is 1. The summed E-state index contributed by atoms with van der Waals surface area (Å²) < 4.78 is 31.1. The van der Waals surface area contributed by atoms with Crippen molar-refractivity contribution in [1.82, 2.24) is 0 Å². The molecule has 0 unspecified atom stereocenters. The van der Waals surface area contributed by atoms with Crippen LogP contribution in [0.5, 0.6) is 5.75 Å². The van der Waals surface area contributed by atoms with E-state index in [9.17, 15) is 13.2 Å². The molecule has 0 saturated heterocycles. The molecule has 1 atom stereocenters. The van der Waals surface area contributed by atoms with E-state index >= 15 is 0 Å². The molecular formula is C19H24N2O4S2. The molecule has 27 heavy (non-hydrogen) atoms. The van der Waals surface area contributed by atoms with Gasteiger partial charge in [-0.3, -0.25) is 9.10 Å². The zero-order valence-electron chi connectivity index (χ0n) is 15.8. The van der Waals surface area contributed by atoms with Gasteiger partial charge in [-0.1, -0.05) is 25.1 Å². The quantitative estimate of drug-likeness (QED) is 0.676. The van der Waals surface area contributed by atoms with E-state index in [2.05, 4.69) is 5.32 Å². The van der Waals surface area contributed by atoms with Crippen molar-refractivity contribution < 1.29 is 17.9 Å². The standard InChI is InChI=1S/C19H24N2O4S2/c1-5-26-18-12-7-6-11-17(18)20-19(22)14(2)21(27(4,23)24)15-9-8-10-16(13-15)25-3/h6-14H,5H2,1-4H3,(H,20,22)/t14-/m1/s1. The number of para-hydroxylation sites is 1. The summed E-state index contributed by atoms with van der Waals surface area (Å²) in [5.74, 6) is 0.965. The Morgan fingerprint density at radius 2 is 1.93 bits per heavy atom. The van der Waals surface area contributed by atoms with Crippen LogP contribution in [-0.4, -0.2) is 39.5 Å². The first-order valence-electron chi connectivity index (χ1n) is 8.44. The number of carbonyl (C=O) groups excluding carboxylic acids is 1. The highest BCUT2D eigenvalue weighted by molar-refractivity contribution is 7.99. The summed E-state index contributed by atoms with van der Waals surface area (Å²) in [6, 6.07) is 13.1. The summed E-state index contributed by atoms with van der Waals surface area (Å²) >= 11 is 1.61. The van der Waals surface area contributed by atoms with Crippen molar-refractivity contribution in [3.63, 3.8) is 0 Å². The first-order chi connectivity index (χ1) is 12.8. The predicted octanol–water partition coefficient (Wildman–Crippen LogP) is 3.60. The maximum Gasteiger partial charge on any atom is 0.248 e. The Bertz CT molecular complexity index is 900. The van der Waals surface area contributed by atoms with E-state index in [1.807, 2.05) is 25.1 Å². The van der Waals surface area contributed by atoms with E-state index < -0.39 is 22.0 Å². The number of amides is 1. The van der Waals surface area contributed by atoms with Crippen LogP contribution in [0.1, 0.15) is 13.8 Å². The van der Waals surface area contributed by atoms with Crippen molar-refractivity contribution >= 4 is 39.1 Å². The van der Waals surface area contributed by atoms with E-state index in [1.54, 1.807) is 49.0 Å². The molecule has 146 valence electrons. The number of anilines is 2. The number of methoxy groups -OCH3 is 1. The zero-order valence-corrected chi connectivity index (χ0v) is 17.4. The SMILES string of the molecule is CCSc1ccccc1NC(=O)[C@@H](C)N(c1cccc(OC)c1)S(C)(=O)=O. The number of nitrogens with zero attached hydrogens (tertiary/aromatic N) is 1. The van der Waals surface area contributed by atoms with Crippen LogP contribution in [0, 0.1) is 0 Å². The molecule has 0 aromatic heterocycles. The first-order valence-corrected chi connectivity index (χ1v) is 11.3. The van der Waals surface area contributed by atoms with Gasteiger partial charge < -0.3 is 10.1 Å². The second-order valence-electron chi connectivity index (χ2n) is 5.85. The number of thioether (sulfide) groups is 1. The largest absolute Gasteiger partial charge is 0.497 e. The van der Waals surface area contributed by atoms with Crippen LogP contribution in [0.4, 0.5) is 11.4 Å². The number of sulfonamides is 1. The van der Waals surface area contributed by atoms with Gasteiger partial charge in [0.15, 0.2) is 0 Å². The highest BCUT2D eigenvalue weighted by atomic mass is 32.2. The van der Waals surface area contributed by atoms with Gasteiger partial charge in [-0.2, -0.15) is 0 Å². The number of hydrogen-bond acceptors (Lipinski definition) is 5. The third-order valence-electron chi connectivity index (χ3n) is 3.84. The number of rotatable bonds is 8. The predicted molar refractivity (Wildman–Crippen MR) is 111 cm³/mol.